The highest BCUT2D eigenvalue weighted by Crippen LogP contribution is 2.42. The number of amides is 1. The topological polar surface area (TPSA) is 75.0 Å². The molecule has 4 rings (SSSR count). The number of rotatable bonds is 2. The second kappa shape index (κ2) is 6.55. The molecule has 136 valence electrons. The van der Waals surface area contributed by atoms with Crippen molar-refractivity contribution in [3.8, 4) is 0 Å². The summed E-state index contributed by atoms with van der Waals surface area (Å²) in [5, 5.41) is 12.9. The van der Waals surface area contributed by atoms with E-state index in [0.717, 1.165) is 12.8 Å². The van der Waals surface area contributed by atoms with E-state index in [0.29, 0.717) is 11.3 Å². The van der Waals surface area contributed by atoms with Gasteiger partial charge in [-0.2, -0.15) is 0 Å². The van der Waals surface area contributed by atoms with Gasteiger partial charge >= 0.3 is 6.09 Å². The number of piperidine rings is 2. The Bertz CT molecular complexity index is 714. The molecular weight excluding hydrogens is 393 g/mol. The zero-order valence-corrected chi connectivity index (χ0v) is 16.0. The van der Waals surface area contributed by atoms with Crippen LogP contribution in [-0.4, -0.2) is 44.6 Å². The molecular formula is C17H21BrFN3O3. The Morgan fingerprint density at radius 2 is 2.20 bits per heavy atom. The lowest BCUT2D eigenvalue weighted by molar-refractivity contribution is -0.0143. The Kier molecular flexibility index (Phi) is 4.74. The van der Waals surface area contributed by atoms with Gasteiger partial charge in [-0.15, -0.1) is 0 Å². The highest BCUT2D eigenvalue weighted by Gasteiger charge is 2.52. The van der Waals surface area contributed by atoms with Gasteiger partial charge in [0.2, 0.25) is 0 Å². The molecule has 2 aliphatic heterocycles. The molecule has 0 aromatic carbocycles. The van der Waals surface area contributed by atoms with Crippen molar-refractivity contribution in [1.82, 2.24) is 9.88 Å². The Morgan fingerprint density at radius 3 is 2.80 bits per heavy atom. The molecule has 1 aromatic rings. The molecule has 0 radical (unpaired) electrons. The van der Waals surface area contributed by atoms with Crippen molar-refractivity contribution in [2.45, 2.75) is 57.7 Å². The molecule has 25 heavy (non-hydrogen) atoms. The van der Waals surface area contributed by atoms with E-state index in [-0.39, 0.29) is 23.0 Å². The Morgan fingerprint density at radius 1 is 1.52 bits per heavy atom. The summed E-state index contributed by atoms with van der Waals surface area (Å²) in [5.41, 5.74) is 0.285. The van der Waals surface area contributed by atoms with E-state index in [9.17, 15) is 14.4 Å². The fourth-order valence-corrected chi connectivity index (χ4v) is 3.86. The smallest absolute Gasteiger partial charge is 0.411 e. The number of oxime groups is 1. The summed E-state index contributed by atoms with van der Waals surface area (Å²) >= 11 is 3.08. The summed E-state index contributed by atoms with van der Waals surface area (Å²) in [6.07, 6.45) is 2.74. The predicted octanol–water partition coefficient (Wildman–Crippen LogP) is 3.75. The van der Waals surface area contributed by atoms with Crippen LogP contribution in [0.25, 0.3) is 0 Å². The van der Waals surface area contributed by atoms with Gasteiger partial charge in [-0.05, 0) is 61.2 Å². The monoisotopic (exact) mass is 413 g/mol. The fourth-order valence-electron chi connectivity index (χ4n) is 3.49. The molecule has 2 bridgehead atoms. The quantitative estimate of drug-likeness (QED) is 0.455. The summed E-state index contributed by atoms with van der Waals surface area (Å²) in [5.74, 6) is -0.338. The van der Waals surface area contributed by atoms with Gasteiger partial charge < -0.3 is 9.94 Å². The molecule has 3 aliphatic rings. The first kappa shape index (κ1) is 18.1. The van der Waals surface area contributed by atoms with Crippen molar-refractivity contribution in [3.63, 3.8) is 0 Å². The largest absolute Gasteiger partial charge is 0.444 e. The van der Waals surface area contributed by atoms with Crippen LogP contribution in [-0.2, 0) is 11.2 Å². The molecule has 2 saturated heterocycles. The van der Waals surface area contributed by atoms with Gasteiger partial charge in [-0.1, -0.05) is 5.16 Å². The molecule has 1 aliphatic carbocycles. The third-order valence-corrected chi connectivity index (χ3v) is 5.21. The van der Waals surface area contributed by atoms with E-state index in [1.165, 1.54) is 6.20 Å². The zero-order chi connectivity index (χ0) is 18.4. The summed E-state index contributed by atoms with van der Waals surface area (Å²) in [4.78, 5) is 18.2. The summed E-state index contributed by atoms with van der Waals surface area (Å²) in [6, 6.07) is 1.08. The summed E-state index contributed by atoms with van der Waals surface area (Å²) in [6.45, 7) is 5.40. The number of carbonyl (C=O) groups excluding carboxylic acids is 1. The molecule has 6 nitrogen and oxygen atoms in total. The maximum Gasteiger partial charge on any atom is 0.411 e. The maximum atomic E-state index is 14.3. The van der Waals surface area contributed by atoms with Crippen LogP contribution in [0.2, 0.25) is 0 Å². The number of fused-ring (bicyclic) bond motifs is 2. The number of pyridine rings is 1. The second-order valence-electron chi connectivity index (χ2n) is 7.53. The zero-order valence-electron chi connectivity index (χ0n) is 14.4. The number of halogens is 2. The van der Waals surface area contributed by atoms with Crippen LogP contribution in [0.15, 0.2) is 22.0 Å². The third-order valence-electron chi connectivity index (χ3n) is 4.66. The van der Waals surface area contributed by atoms with E-state index in [4.69, 9.17) is 4.74 Å². The number of hydrogen-bond donors (Lipinski definition) is 1. The van der Waals surface area contributed by atoms with Gasteiger partial charge in [0.05, 0.1) is 11.8 Å². The molecule has 8 heteroatoms. The van der Waals surface area contributed by atoms with Gasteiger partial charge in [0.15, 0.2) is 5.82 Å². The highest BCUT2D eigenvalue weighted by atomic mass is 79.9. The second-order valence-corrected chi connectivity index (χ2v) is 8.28. The van der Waals surface area contributed by atoms with Crippen molar-refractivity contribution >= 4 is 27.7 Å². The van der Waals surface area contributed by atoms with Crippen molar-refractivity contribution in [2.75, 3.05) is 0 Å². The minimum atomic E-state index is -0.635. The Balaban J connectivity index is 1.91. The van der Waals surface area contributed by atoms with E-state index >= 15 is 0 Å². The van der Waals surface area contributed by atoms with Crippen molar-refractivity contribution in [2.24, 2.45) is 11.1 Å². The lowest BCUT2D eigenvalue weighted by Crippen LogP contribution is -2.65. The predicted molar refractivity (Wildman–Crippen MR) is 93.2 cm³/mol. The average molecular weight is 414 g/mol. The maximum absolute atomic E-state index is 14.3. The number of carbonyl (C=O) groups is 1. The first-order valence-electron chi connectivity index (χ1n) is 8.23. The normalized spacial score (nSPS) is 27.2. The average Bonchev–Trinajstić information content (AvgIpc) is 2.48. The van der Waals surface area contributed by atoms with Gasteiger partial charge in [0.1, 0.15) is 10.2 Å². The molecule has 1 saturated carbocycles. The van der Waals surface area contributed by atoms with E-state index < -0.39 is 23.6 Å². The SMILES string of the molecule is CC(C)(C)OC(=O)N1C2CC(C2)C(=NO)C1Cc1ccnc(Br)c1F. The molecule has 1 unspecified atom stereocenters. The van der Waals surface area contributed by atoms with Crippen molar-refractivity contribution in [3.05, 3.63) is 28.2 Å². The van der Waals surface area contributed by atoms with Gasteiger partial charge in [0.25, 0.3) is 0 Å². The van der Waals surface area contributed by atoms with Crippen molar-refractivity contribution in [1.29, 1.82) is 0 Å². The molecule has 1 amide bonds. The lowest BCUT2D eigenvalue weighted by atomic mass is 9.68. The minimum Gasteiger partial charge on any atom is -0.444 e. The van der Waals surface area contributed by atoms with Crippen LogP contribution in [0.4, 0.5) is 9.18 Å². The minimum absolute atomic E-state index is 0.0312. The van der Waals surface area contributed by atoms with Crippen LogP contribution >= 0.6 is 15.9 Å². The third kappa shape index (κ3) is 3.49. The molecule has 1 aromatic heterocycles. The Hall–Kier alpha value is -1.70. The standard InChI is InChI=1S/C17H21BrFN3O3/c1-17(2,3)25-16(23)22-11-6-10(7-11)14(21-24)12(22)8-9-4-5-20-15(18)13(9)19/h4-5,10-12,24H,6-8H2,1-3H3. The first-order valence-corrected chi connectivity index (χ1v) is 9.02. The van der Waals surface area contributed by atoms with Crippen LogP contribution < -0.4 is 0 Å². The van der Waals surface area contributed by atoms with Gasteiger partial charge in [-0.3, -0.25) is 4.90 Å². The molecule has 1 N–H and O–H groups in total. The number of nitrogens with zero attached hydrogens (tertiary/aromatic N) is 3. The van der Waals surface area contributed by atoms with Gasteiger partial charge in [-0.25, -0.2) is 14.2 Å². The van der Waals surface area contributed by atoms with Gasteiger partial charge in [0, 0.05) is 24.6 Å². The Labute approximate surface area is 154 Å². The molecule has 0 spiro atoms. The molecule has 1 atom stereocenters. The van der Waals surface area contributed by atoms with E-state index in [2.05, 4.69) is 26.1 Å². The van der Waals surface area contributed by atoms with E-state index in [1.807, 2.05) is 0 Å². The summed E-state index contributed by atoms with van der Waals surface area (Å²) in [7, 11) is 0. The molecule has 3 fully saturated rings. The van der Waals surface area contributed by atoms with E-state index in [1.54, 1.807) is 31.7 Å². The highest BCUT2D eigenvalue weighted by molar-refractivity contribution is 9.10. The lowest BCUT2D eigenvalue weighted by Gasteiger charge is -2.53. The van der Waals surface area contributed by atoms with Crippen molar-refractivity contribution < 1.29 is 19.1 Å². The van der Waals surface area contributed by atoms with Crippen LogP contribution in [0.5, 0.6) is 0 Å². The van der Waals surface area contributed by atoms with Crippen LogP contribution in [0, 0.1) is 11.7 Å². The van der Waals surface area contributed by atoms with Crippen LogP contribution in [0.3, 0.4) is 0 Å². The number of ether oxygens (including phenoxy) is 1. The molecule has 3 heterocycles. The van der Waals surface area contributed by atoms with Crippen LogP contribution in [0.1, 0.15) is 39.2 Å². The fraction of sp³-hybridized carbons (Fsp3) is 0.588. The summed E-state index contributed by atoms with van der Waals surface area (Å²) < 4.78 is 20.0. The number of hydrogen-bond acceptors (Lipinski definition) is 5. The number of aromatic nitrogens is 1. The first-order chi connectivity index (χ1) is 11.7.